The van der Waals surface area contributed by atoms with Gasteiger partial charge in [-0.25, -0.2) is 18.6 Å². The number of carbonyl (C=O) groups is 1. The number of pyridine rings is 1. The van der Waals surface area contributed by atoms with E-state index in [2.05, 4.69) is 4.98 Å². The Morgan fingerprint density at radius 1 is 1.27 bits per heavy atom. The van der Waals surface area contributed by atoms with Gasteiger partial charge in [-0.15, -0.1) is 0 Å². The summed E-state index contributed by atoms with van der Waals surface area (Å²) >= 11 is 0. The van der Waals surface area contributed by atoms with Gasteiger partial charge in [0.2, 0.25) is 0 Å². The molecule has 0 aliphatic heterocycles. The second-order valence-corrected chi connectivity index (χ2v) is 2.96. The lowest BCUT2D eigenvalue weighted by atomic mass is 10.2. The Kier molecular flexibility index (Phi) is 2.07. The summed E-state index contributed by atoms with van der Waals surface area (Å²) < 4.78 is 26.0. The van der Waals surface area contributed by atoms with Crippen molar-refractivity contribution in [3.63, 3.8) is 0 Å². The first-order chi connectivity index (χ1) is 7.08. The van der Waals surface area contributed by atoms with Gasteiger partial charge >= 0.3 is 5.97 Å². The molecule has 1 aromatic heterocycles. The topological polar surface area (TPSA) is 50.2 Å². The van der Waals surface area contributed by atoms with E-state index >= 15 is 0 Å². The molecule has 15 heavy (non-hydrogen) atoms. The lowest BCUT2D eigenvalue weighted by Crippen LogP contribution is -2.00. The van der Waals surface area contributed by atoms with Crippen LogP contribution in [0.1, 0.15) is 10.5 Å². The lowest BCUT2D eigenvalue weighted by molar-refractivity contribution is 0.0691. The Morgan fingerprint density at radius 2 is 2.00 bits per heavy atom. The Morgan fingerprint density at radius 3 is 2.67 bits per heavy atom. The zero-order valence-electron chi connectivity index (χ0n) is 7.37. The lowest BCUT2D eigenvalue weighted by Gasteiger charge is -2.00. The molecule has 0 unspecified atom stereocenters. The van der Waals surface area contributed by atoms with Crippen molar-refractivity contribution in [2.24, 2.45) is 0 Å². The Bertz CT molecular complexity index is 554. The molecule has 0 amide bonds. The number of fused-ring (bicyclic) bond motifs is 1. The first kappa shape index (κ1) is 9.51. The minimum atomic E-state index is -1.25. The van der Waals surface area contributed by atoms with Crippen molar-refractivity contribution in [1.29, 1.82) is 0 Å². The molecule has 0 aliphatic rings. The van der Waals surface area contributed by atoms with Gasteiger partial charge in [-0.3, -0.25) is 0 Å². The van der Waals surface area contributed by atoms with Gasteiger partial charge in [0.25, 0.3) is 0 Å². The zero-order chi connectivity index (χ0) is 11.0. The number of hydrogen-bond acceptors (Lipinski definition) is 2. The highest BCUT2D eigenvalue weighted by Crippen LogP contribution is 2.18. The van der Waals surface area contributed by atoms with Crippen LogP contribution in [-0.4, -0.2) is 16.1 Å². The maximum absolute atomic E-state index is 13.2. The van der Waals surface area contributed by atoms with Crippen molar-refractivity contribution in [3.8, 4) is 0 Å². The fourth-order valence-electron chi connectivity index (χ4n) is 1.28. The van der Waals surface area contributed by atoms with E-state index in [0.717, 1.165) is 6.07 Å². The first-order valence-corrected chi connectivity index (χ1v) is 4.07. The molecule has 0 saturated heterocycles. The second kappa shape index (κ2) is 3.27. The van der Waals surface area contributed by atoms with Gasteiger partial charge in [0.05, 0.1) is 0 Å². The normalized spacial score (nSPS) is 10.5. The molecule has 0 radical (unpaired) electrons. The van der Waals surface area contributed by atoms with E-state index in [1.54, 1.807) is 0 Å². The molecule has 2 aromatic rings. The van der Waals surface area contributed by atoms with Crippen molar-refractivity contribution < 1.29 is 18.7 Å². The van der Waals surface area contributed by atoms with Crippen LogP contribution >= 0.6 is 0 Å². The van der Waals surface area contributed by atoms with Crippen LogP contribution in [0.2, 0.25) is 0 Å². The maximum Gasteiger partial charge on any atom is 0.354 e. The van der Waals surface area contributed by atoms with Gasteiger partial charge in [-0.05, 0) is 12.1 Å². The van der Waals surface area contributed by atoms with E-state index in [1.165, 1.54) is 12.1 Å². The zero-order valence-corrected chi connectivity index (χ0v) is 7.37. The Hall–Kier alpha value is -2.04. The minimum Gasteiger partial charge on any atom is -0.477 e. The molecule has 76 valence electrons. The number of benzene rings is 1. The molecule has 0 aliphatic carbocycles. The average molecular weight is 209 g/mol. The molecule has 1 aromatic carbocycles. The van der Waals surface area contributed by atoms with Gasteiger partial charge in [0.1, 0.15) is 17.0 Å². The number of nitrogens with zero attached hydrogens (tertiary/aromatic N) is 1. The van der Waals surface area contributed by atoms with Crippen molar-refractivity contribution in [3.05, 3.63) is 41.6 Å². The van der Waals surface area contributed by atoms with Crippen LogP contribution in [0.15, 0.2) is 24.3 Å². The highest BCUT2D eigenvalue weighted by molar-refractivity contribution is 5.89. The van der Waals surface area contributed by atoms with E-state index < -0.39 is 17.6 Å². The highest BCUT2D eigenvalue weighted by Gasteiger charge is 2.09. The number of aromatic carboxylic acids is 1. The van der Waals surface area contributed by atoms with E-state index in [1.807, 2.05) is 0 Å². The van der Waals surface area contributed by atoms with Gasteiger partial charge in [-0.1, -0.05) is 6.07 Å². The minimum absolute atomic E-state index is 0.142. The third-order valence-corrected chi connectivity index (χ3v) is 1.93. The van der Waals surface area contributed by atoms with Crippen LogP contribution in [-0.2, 0) is 0 Å². The molecule has 2 rings (SSSR count). The maximum atomic E-state index is 13.2. The van der Waals surface area contributed by atoms with E-state index in [-0.39, 0.29) is 16.6 Å². The summed E-state index contributed by atoms with van der Waals surface area (Å²) in [5.41, 5.74) is -0.413. The fourth-order valence-corrected chi connectivity index (χ4v) is 1.28. The highest BCUT2D eigenvalue weighted by atomic mass is 19.1. The number of rotatable bonds is 1. The first-order valence-electron chi connectivity index (χ1n) is 4.07. The van der Waals surface area contributed by atoms with E-state index in [0.29, 0.717) is 6.07 Å². The Balaban J connectivity index is 2.76. The molecular formula is C10H5F2NO2. The predicted octanol–water partition coefficient (Wildman–Crippen LogP) is 2.21. The molecule has 0 atom stereocenters. The smallest absolute Gasteiger partial charge is 0.354 e. The number of carboxylic acid groups (broad SMARTS) is 1. The van der Waals surface area contributed by atoms with Crippen LogP contribution in [0, 0.1) is 11.6 Å². The average Bonchev–Trinajstić information content (AvgIpc) is 2.16. The van der Waals surface area contributed by atoms with Crippen molar-refractivity contribution >= 4 is 16.9 Å². The summed E-state index contributed by atoms with van der Waals surface area (Å²) in [6, 6.07) is 4.28. The third-order valence-electron chi connectivity index (χ3n) is 1.93. The molecule has 0 bridgehead atoms. The molecule has 0 spiro atoms. The van der Waals surface area contributed by atoms with Crippen molar-refractivity contribution in [2.75, 3.05) is 0 Å². The SMILES string of the molecule is O=C(O)c1ccc2cc(F)cc(F)c2n1. The van der Waals surface area contributed by atoms with Gasteiger partial charge in [0, 0.05) is 11.5 Å². The molecule has 5 heteroatoms. The Labute approximate surface area is 83.0 Å². The molecule has 0 fully saturated rings. The number of aromatic nitrogens is 1. The summed E-state index contributed by atoms with van der Waals surface area (Å²) in [5, 5.41) is 8.86. The van der Waals surface area contributed by atoms with Gasteiger partial charge in [0.15, 0.2) is 5.82 Å². The standard InChI is InChI=1S/C10H5F2NO2/c11-6-3-5-1-2-8(10(14)15)13-9(5)7(12)4-6/h1-4H,(H,14,15). The van der Waals surface area contributed by atoms with Gasteiger partial charge in [-0.2, -0.15) is 0 Å². The summed E-state index contributed by atoms with van der Waals surface area (Å²) in [6.45, 7) is 0. The summed E-state index contributed by atoms with van der Waals surface area (Å²) in [5.74, 6) is -2.83. The van der Waals surface area contributed by atoms with Gasteiger partial charge < -0.3 is 5.11 Å². The molecule has 1 heterocycles. The molecule has 1 N–H and O–H groups in total. The second-order valence-electron chi connectivity index (χ2n) is 2.96. The quantitative estimate of drug-likeness (QED) is 0.783. The molecule has 0 saturated carbocycles. The summed E-state index contributed by atoms with van der Waals surface area (Å²) in [7, 11) is 0. The van der Waals surface area contributed by atoms with Crippen LogP contribution in [0.25, 0.3) is 10.9 Å². The predicted molar refractivity (Wildman–Crippen MR) is 48.6 cm³/mol. The van der Waals surface area contributed by atoms with Crippen LogP contribution in [0.3, 0.4) is 0 Å². The van der Waals surface area contributed by atoms with E-state index in [9.17, 15) is 13.6 Å². The number of hydrogen-bond donors (Lipinski definition) is 1. The fraction of sp³-hybridized carbons (Fsp3) is 0. The van der Waals surface area contributed by atoms with Crippen LogP contribution in [0.5, 0.6) is 0 Å². The monoisotopic (exact) mass is 209 g/mol. The van der Waals surface area contributed by atoms with E-state index in [4.69, 9.17) is 5.11 Å². The van der Waals surface area contributed by atoms with Crippen molar-refractivity contribution in [2.45, 2.75) is 0 Å². The van der Waals surface area contributed by atoms with Crippen LogP contribution < -0.4 is 0 Å². The molecular weight excluding hydrogens is 204 g/mol. The summed E-state index contributed by atoms with van der Waals surface area (Å²) in [4.78, 5) is 14.1. The summed E-state index contributed by atoms with van der Waals surface area (Å²) in [6.07, 6.45) is 0. The van der Waals surface area contributed by atoms with Crippen molar-refractivity contribution in [1.82, 2.24) is 4.98 Å². The third kappa shape index (κ3) is 1.63. The number of halogens is 2. The van der Waals surface area contributed by atoms with Crippen LogP contribution in [0.4, 0.5) is 8.78 Å². The molecule has 3 nitrogen and oxygen atoms in total. The number of carboxylic acids is 1. The largest absolute Gasteiger partial charge is 0.477 e.